The van der Waals surface area contributed by atoms with Gasteiger partial charge < -0.3 is 14.8 Å². The zero-order valence-electron chi connectivity index (χ0n) is 13.5. The Labute approximate surface area is 133 Å². The maximum atomic E-state index is 12.8. The lowest BCUT2D eigenvalue weighted by atomic mass is 10.1. The Bertz CT molecular complexity index is 575. The van der Waals surface area contributed by atoms with Gasteiger partial charge in [-0.25, -0.2) is 4.79 Å². The Hall–Kier alpha value is -2.18. The highest BCUT2D eigenvalue weighted by Gasteiger charge is 2.31. The normalized spacial score (nSPS) is 12.3. The van der Waals surface area contributed by atoms with Gasteiger partial charge in [-0.1, -0.05) is 12.2 Å². The van der Waals surface area contributed by atoms with Crippen LogP contribution in [0.15, 0.2) is 24.3 Å². The van der Waals surface area contributed by atoms with E-state index in [9.17, 15) is 18.0 Å². The monoisotopic (exact) mass is 331 g/mol. The van der Waals surface area contributed by atoms with Gasteiger partial charge in [-0.05, 0) is 44.5 Å². The van der Waals surface area contributed by atoms with E-state index in [-0.39, 0.29) is 12.3 Å². The van der Waals surface area contributed by atoms with Gasteiger partial charge in [0.15, 0.2) is 0 Å². The molecule has 0 aromatic heterocycles. The van der Waals surface area contributed by atoms with Gasteiger partial charge in [0.25, 0.3) is 0 Å². The van der Waals surface area contributed by atoms with Crippen LogP contribution in [0.5, 0.6) is 5.75 Å². The molecule has 0 saturated carbocycles. The van der Waals surface area contributed by atoms with E-state index in [1.54, 1.807) is 20.8 Å². The second-order valence-electron chi connectivity index (χ2n) is 5.78. The van der Waals surface area contributed by atoms with Crippen LogP contribution in [0, 0.1) is 0 Å². The first-order valence-electron chi connectivity index (χ1n) is 6.91. The van der Waals surface area contributed by atoms with Crippen LogP contribution in [0.1, 0.15) is 31.9 Å². The zero-order chi connectivity index (χ0) is 17.7. The SMILES string of the molecule is COc1cc(C=CCNC(=O)OC(C)(C)C)cc(C(F)(F)F)c1. The van der Waals surface area contributed by atoms with E-state index < -0.39 is 23.4 Å². The summed E-state index contributed by atoms with van der Waals surface area (Å²) in [7, 11) is 1.30. The lowest BCUT2D eigenvalue weighted by Crippen LogP contribution is -2.32. The summed E-state index contributed by atoms with van der Waals surface area (Å²) in [5, 5.41) is 2.48. The van der Waals surface area contributed by atoms with E-state index >= 15 is 0 Å². The molecule has 0 spiro atoms. The van der Waals surface area contributed by atoms with Crippen LogP contribution >= 0.6 is 0 Å². The average molecular weight is 331 g/mol. The zero-order valence-corrected chi connectivity index (χ0v) is 13.5. The minimum absolute atomic E-state index is 0.111. The third-order valence-corrected chi connectivity index (χ3v) is 2.57. The molecule has 0 atom stereocenters. The number of hydrogen-bond acceptors (Lipinski definition) is 3. The molecule has 0 aliphatic rings. The molecule has 1 amide bonds. The molecular weight excluding hydrogens is 311 g/mol. The average Bonchev–Trinajstić information content (AvgIpc) is 2.40. The second kappa shape index (κ2) is 7.39. The van der Waals surface area contributed by atoms with Crippen molar-refractivity contribution in [1.82, 2.24) is 5.32 Å². The molecule has 4 nitrogen and oxygen atoms in total. The second-order valence-corrected chi connectivity index (χ2v) is 5.78. The van der Waals surface area contributed by atoms with Crippen LogP contribution in [-0.2, 0) is 10.9 Å². The van der Waals surface area contributed by atoms with E-state index in [1.165, 1.54) is 25.3 Å². The molecule has 0 saturated heterocycles. The summed E-state index contributed by atoms with van der Waals surface area (Å²) in [6.07, 6.45) is -2.05. The molecule has 0 aliphatic carbocycles. The van der Waals surface area contributed by atoms with Crippen molar-refractivity contribution in [2.75, 3.05) is 13.7 Å². The molecule has 7 heteroatoms. The number of nitrogens with one attached hydrogen (secondary N) is 1. The maximum absolute atomic E-state index is 12.8. The van der Waals surface area contributed by atoms with Gasteiger partial charge in [0.1, 0.15) is 11.4 Å². The predicted molar refractivity (Wildman–Crippen MR) is 81.3 cm³/mol. The van der Waals surface area contributed by atoms with Crippen molar-refractivity contribution in [3.63, 3.8) is 0 Å². The van der Waals surface area contributed by atoms with Crippen LogP contribution in [0.3, 0.4) is 0 Å². The fourth-order valence-corrected chi connectivity index (χ4v) is 1.65. The Morgan fingerprint density at radius 3 is 2.39 bits per heavy atom. The number of halogens is 3. The Balaban J connectivity index is 2.71. The van der Waals surface area contributed by atoms with Gasteiger partial charge in [0, 0.05) is 6.54 Å². The number of alkyl carbamates (subject to hydrolysis) is 1. The quantitative estimate of drug-likeness (QED) is 0.897. The number of amides is 1. The van der Waals surface area contributed by atoms with Crippen molar-refractivity contribution >= 4 is 12.2 Å². The van der Waals surface area contributed by atoms with Gasteiger partial charge in [0.2, 0.25) is 0 Å². The van der Waals surface area contributed by atoms with E-state index in [2.05, 4.69) is 5.32 Å². The molecule has 1 rings (SSSR count). The van der Waals surface area contributed by atoms with Gasteiger partial charge in [-0.2, -0.15) is 13.2 Å². The van der Waals surface area contributed by atoms with Gasteiger partial charge >= 0.3 is 12.3 Å². The lowest BCUT2D eigenvalue weighted by molar-refractivity contribution is -0.137. The molecule has 1 N–H and O–H groups in total. The van der Waals surface area contributed by atoms with Crippen molar-refractivity contribution in [2.45, 2.75) is 32.5 Å². The van der Waals surface area contributed by atoms with E-state index in [4.69, 9.17) is 9.47 Å². The molecule has 0 heterocycles. The van der Waals surface area contributed by atoms with Gasteiger partial charge in [-0.15, -0.1) is 0 Å². The first-order chi connectivity index (χ1) is 10.5. The lowest BCUT2D eigenvalue weighted by Gasteiger charge is -2.19. The topological polar surface area (TPSA) is 47.6 Å². The summed E-state index contributed by atoms with van der Waals surface area (Å²) in [6.45, 7) is 5.33. The molecule has 1 aromatic carbocycles. The van der Waals surface area contributed by atoms with Crippen LogP contribution in [0.25, 0.3) is 6.08 Å². The summed E-state index contributed by atoms with van der Waals surface area (Å²) in [5.41, 5.74) is -1.08. The number of hydrogen-bond donors (Lipinski definition) is 1. The highest BCUT2D eigenvalue weighted by molar-refractivity contribution is 5.68. The van der Waals surface area contributed by atoms with Crippen molar-refractivity contribution in [1.29, 1.82) is 0 Å². The van der Waals surface area contributed by atoms with Crippen molar-refractivity contribution in [2.24, 2.45) is 0 Å². The minimum Gasteiger partial charge on any atom is -0.497 e. The van der Waals surface area contributed by atoms with Crippen LogP contribution < -0.4 is 10.1 Å². The summed E-state index contributed by atoms with van der Waals surface area (Å²) in [5.74, 6) is 0.111. The predicted octanol–water partition coefficient (Wildman–Crippen LogP) is 4.25. The van der Waals surface area contributed by atoms with Crippen molar-refractivity contribution < 1.29 is 27.4 Å². The molecule has 0 unspecified atom stereocenters. The smallest absolute Gasteiger partial charge is 0.416 e. The fraction of sp³-hybridized carbons (Fsp3) is 0.438. The molecule has 0 aliphatic heterocycles. The Kier molecular flexibility index (Phi) is 6.06. The number of ether oxygens (including phenoxy) is 2. The number of carbonyl (C=O) groups excluding carboxylic acids is 1. The largest absolute Gasteiger partial charge is 0.497 e. The molecule has 0 bridgehead atoms. The first kappa shape index (κ1) is 18.9. The van der Waals surface area contributed by atoms with Gasteiger partial charge in [-0.3, -0.25) is 0 Å². The van der Waals surface area contributed by atoms with E-state index in [0.29, 0.717) is 5.56 Å². The number of alkyl halides is 3. The molecule has 0 fully saturated rings. The van der Waals surface area contributed by atoms with E-state index in [0.717, 1.165) is 12.1 Å². The highest BCUT2D eigenvalue weighted by atomic mass is 19.4. The number of methoxy groups -OCH3 is 1. The molecule has 1 aromatic rings. The molecule has 128 valence electrons. The number of benzene rings is 1. The fourth-order valence-electron chi connectivity index (χ4n) is 1.65. The van der Waals surface area contributed by atoms with Crippen LogP contribution in [0.2, 0.25) is 0 Å². The Morgan fingerprint density at radius 1 is 1.22 bits per heavy atom. The summed E-state index contributed by atoms with van der Waals surface area (Å²) in [4.78, 5) is 11.4. The van der Waals surface area contributed by atoms with Crippen LogP contribution in [-0.4, -0.2) is 25.3 Å². The van der Waals surface area contributed by atoms with Crippen molar-refractivity contribution in [3.05, 3.63) is 35.4 Å². The van der Waals surface area contributed by atoms with Crippen LogP contribution in [0.4, 0.5) is 18.0 Å². The van der Waals surface area contributed by atoms with Gasteiger partial charge in [0.05, 0.1) is 12.7 Å². The number of carbonyl (C=O) groups is 1. The first-order valence-corrected chi connectivity index (χ1v) is 6.91. The molecule has 23 heavy (non-hydrogen) atoms. The highest BCUT2D eigenvalue weighted by Crippen LogP contribution is 2.32. The molecular formula is C16H20F3NO3. The standard InChI is InChI=1S/C16H20F3NO3/c1-15(2,3)23-14(21)20-7-5-6-11-8-12(16(17,18)19)10-13(9-11)22-4/h5-6,8-10H,7H2,1-4H3,(H,20,21). The minimum atomic E-state index is -4.45. The van der Waals surface area contributed by atoms with E-state index in [1.807, 2.05) is 0 Å². The van der Waals surface area contributed by atoms with Crippen molar-refractivity contribution in [3.8, 4) is 5.75 Å². The Morgan fingerprint density at radius 2 is 1.87 bits per heavy atom. The summed E-state index contributed by atoms with van der Waals surface area (Å²) < 4.78 is 48.3. The number of rotatable bonds is 4. The third kappa shape index (κ3) is 7.08. The maximum Gasteiger partial charge on any atom is 0.416 e. The summed E-state index contributed by atoms with van der Waals surface area (Å²) in [6, 6.07) is 3.40. The third-order valence-electron chi connectivity index (χ3n) is 2.57. The summed E-state index contributed by atoms with van der Waals surface area (Å²) >= 11 is 0. The molecule has 0 radical (unpaired) electrons.